The number of hydrogen-bond donors (Lipinski definition) is 2. The molecule has 3 rings (SSSR count). The second-order valence-electron chi connectivity index (χ2n) is 6.20. The molecule has 1 unspecified atom stereocenters. The monoisotopic (exact) mass is 285 g/mol. The number of rotatable bonds is 4. The molecule has 4 nitrogen and oxygen atoms in total. The molecular formula is C17H19NO3. The van der Waals surface area contributed by atoms with E-state index in [2.05, 4.69) is 5.32 Å². The zero-order chi connectivity index (χ0) is 15.0. The Kier molecular flexibility index (Phi) is 3.32. The van der Waals surface area contributed by atoms with Crippen molar-refractivity contribution in [2.45, 2.75) is 38.6 Å². The maximum Gasteiger partial charge on any atom is 0.259 e. The zero-order valence-corrected chi connectivity index (χ0v) is 12.1. The van der Waals surface area contributed by atoms with Gasteiger partial charge in [0, 0.05) is 5.41 Å². The Morgan fingerprint density at radius 3 is 2.57 bits per heavy atom. The lowest BCUT2D eigenvalue weighted by atomic mass is 9.97. The fourth-order valence-corrected chi connectivity index (χ4v) is 2.69. The molecule has 1 aromatic rings. The van der Waals surface area contributed by atoms with E-state index in [1.807, 2.05) is 37.3 Å². The molecule has 0 spiro atoms. The van der Waals surface area contributed by atoms with Crippen molar-refractivity contribution in [3.63, 3.8) is 0 Å². The van der Waals surface area contributed by atoms with Gasteiger partial charge in [-0.25, -0.2) is 0 Å². The van der Waals surface area contributed by atoms with E-state index in [0.717, 1.165) is 24.8 Å². The standard InChI is InChI=1S/C17H19NO3/c1-17(9-10-17)15(20)13-14(19)12(18-16(13)21)8-7-11-5-3-2-4-6-11/h2-6,12,20H,7-10H2,1H3,(H,18,21). The first kappa shape index (κ1) is 13.9. The van der Waals surface area contributed by atoms with Crippen LogP contribution in [0.1, 0.15) is 31.7 Å². The summed E-state index contributed by atoms with van der Waals surface area (Å²) in [4.78, 5) is 24.3. The summed E-state index contributed by atoms with van der Waals surface area (Å²) in [5.74, 6) is -0.711. The van der Waals surface area contributed by atoms with Crippen LogP contribution in [-0.2, 0) is 16.0 Å². The van der Waals surface area contributed by atoms with Gasteiger partial charge in [0.2, 0.25) is 0 Å². The van der Waals surface area contributed by atoms with Crippen molar-refractivity contribution in [1.29, 1.82) is 0 Å². The Bertz CT molecular complexity index is 614. The largest absolute Gasteiger partial charge is 0.511 e. The third-order valence-corrected chi connectivity index (χ3v) is 4.47. The average Bonchev–Trinajstić information content (AvgIpc) is 3.17. The fraction of sp³-hybridized carbons (Fsp3) is 0.412. The first-order valence-electron chi connectivity index (χ1n) is 7.34. The summed E-state index contributed by atoms with van der Waals surface area (Å²) in [7, 11) is 0. The molecule has 1 saturated heterocycles. The molecule has 21 heavy (non-hydrogen) atoms. The van der Waals surface area contributed by atoms with Crippen LogP contribution in [-0.4, -0.2) is 22.8 Å². The van der Waals surface area contributed by atoms with Crippen LogP contribution in [0, 0.1) is 5.41 Å². The highest BCUT2D eigenvalue weighted by molar-refractivity contribution is 6.27. The molecule has 1 atom stereocenters. The van der Waals surface area contributed by atoms with E-state index in [1.165, 1.54) is 0 Å². The minimum atomic E-state index is -0.516. The smallest absolute Gasteiger partial charge is 0.259 e. The first-order valence-corrected chi connectivity index (χ1v) is 7.34. The van der Waals surface area contributed by atoms with Gasteiger partial charge in [-0.2, -0.15) is 0 Å². The molecule has 0 radical (unpaired) electrons. The van der Waals surface area contributed by atoms with Crippen molar-refractivity contribution in [3.8, 4) is 0 Å². The Morgan fingerprint density at radius 1 is 1.29 bits per heavy atom. The highest BCUT2D eigenvalue weighted by Gasteiger charge is 2.48. The molecule has 0 aromatic heterocycles. The zero-order valence-electron chi connectivity index (χ0n) is 12.1. The summed E-state index contributed by atoms with van der Waals surface area (Å²) >= 11 is 0. The molecule has 110 valence electrons. The maximum atomic E-state index is 12.4. The van der Waals surface area contributed by atoms with Crippen LogP contribution in [0.15, 0.2) is 41.7 Å². The molecule has 4 heteroatoms. The summed E-state index contributed by atoms with van der Waals surface area (Å²) in [6, 6.07) is 9.34. The van der Waals surface area contributed by atoms with E-state index in [0.29, 0.717) is 6.42 Å². The maximum absolute atomic E-state index is 12.4. The van der Waals surface area contributed by atoms with Crippen molar-refractivity contribution in [1.82, 2.24) is 5.32 Å². The summed E-state index contributed by atoms with van der Waals surface area (Å²) < 4.78 is 0. The number of carbonyl (C=O) groups is 2. The molecule has 1 aliphatic carbocycles. The fourth-order valence-electron chi connectivity index (χ4n) is 2.69. The van der Waals surface area contributed by atoms with Crippen molar-refractivity contribution >= 4 is 11.7 Å². The van der Waals surface area contributed by atoms with Crippen LogP contribution in [0.2, 0.25) is 0 Å². The van der Waals surface area contributed by atoms with Gasteiger partial charge in [0.05, 0.1) is 6.04 Å². The topological polar surface area (TPSA) is 66.4 Å². The van der Waals surface area contributed by atoms with Gasteiger partial charge in [0.1, 0.15) is 11.3 Å². The van der Waals surface area contributed by atoms with Crippen LogP contribution in [0.4, 0.5) is 0 Å². The second-order valence-corrected chi connectivity index (χ2v) is 6.20. The average molecular weight is 285 g/mol. The van der Waals surface area contributed by atoms with Crippen molar-refractivity contribution in [2.24, 2.45) is 5.41 Å². The quantitative estimate of drug-likeness (QED) is 0.507. The van der Waals surface area contributed by atoms with Crippen LogP contribution in [0.3, 0.4) is 0 Å². The van der Waals surface area contributed by atoms with E-state index < -0.39 is 11.9 Å². The third kappa shape index (κ3) is 2.58. The lowest BCUT2D eigenvalue weighted by Gasteiger charge is -2.09. The van der Waals surface area contributed by atoms with Gasteiger partial charge in [0.25, 0.3) is 5.91 Å². The SMILES string of the molecule is CC1(C(O)=C2C(=O)NC(CCc3ccccc3)C2=O)CC1. The Balaban J connectivity index is 1.72. The highest BCUT2D eigenvalue weighted by Crippen LogP contribution is 2.51. The number of amides is 1. The number of allylic oxidation sites excluding steroid dienone is 1. The molecule has 1 aromatic carbocycles. The Hall–Kier alpha value is -2.10. The number of hydrogen-bond acceptors (Lipinski definition) is 3. The summed E-state index contributed by atoms with van der Waals surface area (Å²) in [5, 5.41) is 12.9. The minimum Gasteiger partial charge on any atom is -0.511 e. The molecule has 1 heterocycles. The molecule has 1 saturated carbocycles. The van der Waals surface area contributed by atoms with E-state index in [1.54, 1.807) is 0 Å². The van der Waals surface area contributed by atoms with E-state index in [4.69, 9.17) is 0 Å². The van der Waals surface area contributed by atoms with Crippen molar-refractivity contribution < 1.29 is 14.7 Å². The van der Waals surface area contributed by atoms with E-state index in [9.17, 15) is 14.7 Å². The number of Topliss-reactive ketones (excluding diaryl/α,β-unsaturated/α-hetero) is 1. The van der Waals surface area contributed by atoms with Gasteiger partial charge in [0.15, 0.2) is 5.78 Å². The van der Waals surface area contributed by atoms with Crippen LogP contribution in [0.5, 0.6) is 0 Å². The van der Waals surface area contributed by atoms with E-state index in [-0.39, 0.29) is 22.5 Å². The predicted molar refractivity (Wildman–Crippen MR) is 78.7 cm³/mol. The van der Waals surface area contributed by atoms with Crippen LogP contribution >= 0.6 is 0 Å². The molecular weight excluding hydrogens is 266 g/mol. The number of nitrogens with one attached hydrogen (secondary N) is 1. The summed E-state index contributed by atoms with van der Waals surface area (Å²) in [5.41, 5.74) is 0.750. The number of aliphatic hydroxyl groups is 1. The summed E-state index contributed by atoms with van der Waals surface area (Å²) in [6.07, 6.45) is 2.94. The Morgan fingerprint density at radius 2 is 1.95 bits per heavy atom. The normalized spacial score (nSPS) is 25.7. The van der Waals surface area contributed by atoms with Gasteiger partial charge < -0.3 is 10.4 Å². The Labute approximate surface area is 123 Å². The lowest BCUT2D eigenvalue weighted by molar-refractivity contribution is -0.117. The molecule has 1 aliphatic heterocycles. The van der Waals surface area contributed by atoms with Gasteiger partial charge in [-0.3, -0.25) is 9.59 Å². The number of aryl methyl sites for hydroxylation is 1. The number of aliphatic hydroxyl groups excluding tert-OH is 1. The van der Waals surface area contributed by atoms with Gasteiger partial charge >= 0.3 is 0 Å². The molecule has 0 bridgehead atoms. The van der Waals surface area contributed by atoms with Gasteiger partial charge in [-0.15, -0.1) is 0 Å². The highest BCUT2D eigenvalue weighted by atomic mass is 16.3. The number of ketones is 1. The van der Waals surface area contributed by atoms with Gasteiger partial charge in [-0.1, -0.05) is 37.3 Å². The van der Waals surface area contributed by atoms with Crippen LogP contribution < -0.4 is 5.32 Å². The molecule has 2 aliphatic rings. The van der Waals surface area contributed by atoms with Crippen molar-refractivity contribution in [3.05, 3.63) is 47.2 Å². The lowest BCUT2D eigenvalue weighted by Crippen LogP contribution is -2.29. The number of carbonyl (C=O) groups excluding carboxylic acids is 2. The minimum absolute atomic E-state index is 0.0203. The van der Waals surface area contributed by atoms with E-state index >= 15 is 0 Å². The predicted octanol–water partition coefficient (Wildman–Crippen LogP) is 2.30. The summed E-state index contributed by atoms with van der Waals surface area (Å²) in [6.45, 7) is 1.88. The second kappa shape index (κ2) is 5.02. The van der Waals surface area contributed by atoms with Crippen LogP contribution in [0.25, 0.3) is 0 Å². The first-order chi connectivity index (χ1) is 10.0. The van der Waals surface area contributed by atoms with Gasteiger partial charge in [-0.05, 0) is 31.2 Å². The third-order valence-electron chi connectivity index (χ3n) is 4.47. The molecule has 1 amide bonds. The number of benzene rings is 1. The molecule has 2 N–H and O–H groups in total. The molecule has 2 fully saturated rings. The van der Waals surface area contributed by atoms with Crippen molar-refractivity contribution in [2.75, 3.05) is 0 Å².